The normalized spacial score (nSPS) is 22.4. The van der Waals surface area contributed by atoms with E-state index in [1.165, 1.54) is 23.0 Å². The lowest BCUT2D eigenvalue weighted by Gasteiger charge is -2.36. The van der Waals surface area contributed by atoms with E-state index < -0.39 is 59.3 Å². The molecule has 7 rings (SSSR count). The van der Waals surface area contributed by atoms with Crippen molar-refractivity contribution in [2.75, 3.05) is 33.9 Å². The van der Waals surface area contributed by atoms with E-state index in [0.717, 1.165) is 39.0 Å². The Labute approximate surface area is 374 Å². The van der Waals surface area contributed by atoms with Crippen molar-refractivity contribution in [1.82, 2.24) is 35.2 Å². The maximum absolute atomic E-state index is 14.5. The van der Waals surface area contributed by atoms with Crippen molar-refractivity contribution in [2.45, 2.75) is 111 Å². The Bertz CT molecular complexity index is 2420. The van der Waals surface area contributed by atoms with Gasteiger partial charge in [0, 0.05) is 66.8 Å². The van der Waals surface area contributed by atoms with Gasteiger partial charge in [-0.1, -0.05) is 40.3 Å². The second kappa shape index (κ2) is 19.2. The van der Waals surface area contributed by atoms with E-state index >= 15 is 0 Å². The molecule has 342 valence electrons. The number of benzene rings is 1. The van der Waals surface area contributed by atoms with Crippen molar-refractivity contribution in [3.05, 3.63) is 72.6 Å². The highest BCUT2D eigenvalue weighted by Gasteiger charge is 2.41. The van der Waals surface area contributed by atoms with Gasteiger partial charge in [0.1, 0.15) is 36.2 Å². The number of nitrogens with zero attached hydrogens (tertiary/aromatic N) is 5. The third kappa shape index (κ3) is 9.40. The number of rotatable bonds is 11. The molecule has 3 aliphatic rings. The third-order valence-electron chi connectivity index (χ3n) is 12.7. The molecule has 3 amide bonds. The van der Waals surface area contributed by atoms with E-state index in [9.17, 15) is 24.0 Å². The van der Waals surface area contributed by atoms with Crippen LogP contribution in [0.3, 0.4) is 0 Å². The quantitative estimate of drug-likeness (QED) is 0.145. The van der Waals surface area contributed by atoms with E-state index in [1.807, 2.05) is 19.1 Å². The molecule has 6 heterocycles. The van der Waals surface area contributed by atoms with E-state index in [0.29, 0.717) is 31.5 Å². The number of fused-ring (bicyclic) bond motifs is 6. The molecule has 0 aliphatic carbocycles. The van der Waals surface area contributed by atoms with Crippen LogP contribution in [0.15, 0.2) is 59.9 Å². The van der Waals surface area contributed by atoms with Crippen LogP contribution in [-0.2, 0) is 57.6 Å². The Hall–Kier alpha value is -5.71. The summed E-state index contributed by atoms with van der Waals surface area (Å²) in [5, 5.41) is 5.27. The van der Waals surface area contributed by atoms with Crippen LogP contribution in [0.5, 0.6) is 0 Å². The van der Waals surface area contributed by atoms with Crippen LogP contribution in [0.4, 0.5) is 0 Å². The molecule has 2 saturated heterocycles. The zero-order valence-electron chi connectivity index (χ0n) is 38.1. The second-order valence-electron chi connectivity index (χ2n) is 18.3. The molecule has 1 unspecified atom stereocenters. The summed E-state index contributed by atoms with van der Waals surface area (Å²) in [6.45, 7) is 16.5. The van der Waals surface area contributed by atoms with Gasteiger partial charge in [-0.2, -0.15) is 0 Å². The van der Waals surface area contributed by atoms with E-state index in [4.69, 9.17) is 28.6 Å². The van der Waals surface area contributed by atoms with Gasteiger partial charge >= 0.3 is 5.97 Å². The molecule has 2 fully saturated rings. The van der Waals surface area contributed by atoms with Gasteiger partial charge in [-0.3, -0.25) is 34.0 Å². The average Bonchev–Trinajstić information content (AvgIpc) is 4.05. The fraction of sp³-hybridized carbons (Fsp3) is 0.521. The summed E-state index contributed by atoms with van der Waals surface area (Å²) in [6.07, 6.45) is 4.89. The smallest absolute Gasteiger partial charge is 0.324 e. The zero-order chi connectivity index (χ0) is 46.0. The van der Waals surface area contributed by atoms with Crippen molar-refractivity contribution >= 4 is 40.4 Å². The van der Waals surface area contributed by atoms with Crippen LogP contribution in [0.2, 0.25) is 0 Å². The fourth-order valence-corrected chi connectivity index (χ4v) is 9.27. The molecule has 0 spiro atoms. The maximum atomic E-state index is 14.5. The van der Waals surface area contributed by atoms with Crippen LogP contribution < -0.4 is 10.7 Å². The molecular formula is C48H61N7O9. The first-order valence-corrected chi connectivity index (χ1v) is 22.2. The van der Waals surface area contributed by atoms with Gasteiger partial charge in [0.15, 0.2) is 11.7 Å². The number of ether oxygens (including phenoxy) is 3. The number of methoxy groups -OCH3 is 1. The van der Waals surface area contributed by atoms with Crippen molar-refractivity contribution < 1.29 is 42.6 Å². The highest BCUT2D eigenvalue weighted by atomic mass is 16.5. The van der Waals surface area contributed by atoms with Gasteiger partial charge in [-0.05, 0) is 81.4 Å². The molecule has 2 N–H and O–H groups in total. The predicted octanol–water partition coefficient (Wildman–Crippen LogP) is 5.38. The van der Waals surface area contributed by atoms with Gasteiger partial charge in [-0.25, -0.2) is 10.4 Å². The minimum absolute atomic E-state index is 0.0828. The predicted molar refractivity (Wildman–Crippen MR) is 238 cm³/mol. The number of oxazole rings is 1. The Morgan fingerprint density at radius 2 is 1.95 bits per heavy atom. The molecule has 0 saturated carbocycles. The number of carbonyl (C=O) groups excluding carboxylic acids is 5. The Kier molecular flexibility index (Phi) is 13.9. The summed E-state index contributed by atoms with van der Waals surface area (Å²) in [7, 11) is 3.19. The first-order valence-electron chi connectivity index (χ1n) is 22.2. The second-order valence-corrected chi connectivity index (χ2v) is 18.3. The molecule has 1 aromatic carbocycles. The largest absolute Gasteiger partial charge is 0.464 e. The SMILES string of the molecule is C=CC(=O)C1CO[C@H](C(=O)N(C)[C@H](C(=O)N[C@H]2Cc3nc(co3)-c3ccc4c(c3)c(c(-c3cccnc3[C@H](C)OC)n4CC)CC(C)(C)COC(=O)[C@@H]3CCCN(N3)C2=O)C(C)C)C1. The van der Waals surface area contributed by atoms with Gasteiger partial charge in [0.2, 0.25) is 5.91 Å². The number of hydrogen-bond acceptors (Lipinski definition) is 12. The molecule has 3 aliphatic heterocycles. The number of esters is 1. The van der Waals surface area contributed by atoms with Crippen LogP contribution in [0.25, 0.3) is 33.4 Å². The minimum atomic E-state index is -1.21. The molecular weight excluding hydrogens is 819 g/mol. The maximum Gasteiger partial charge on any atom is 0.324 e. The third-order valence-corrected chi connectivity index (χ3v) is 12.7. The van der Waals surface area contributed by atoms with Crippen LogP contribution in [-0.4, -0.2) is 112 Å². The molecule has 16 nitrogen and oxygen atoms in total. The number of allylic oxidation sites excluding steroid dienone is 1. The number of pyridine rings is 1. The molecule has 6 atom stereocenters. The summed E-state index contributed by atoms with van der Waals surface area (Å²) in [5.41, 5.74) is 8.71. The van der Waals surface area contributed by atoms with Crippen molar-refractivity contribution in [3.8, 4) is 22.5 Å². The minimum Gasteiger partial charge on any atom is -0.464 e. The van der Waals surface area contributed by atoms with E-state index in [1.54, 1.807) is 33.4 Å². The van der Waals surface area contributed by atoms with Crippen LogP contribution in [0.1, 0.15) is 84.1 Å². The van der Waals surface area contributed by atoms with Crippen molar-refractivity contribution in [3.63, 3.8) is 0 Å². The lowest BCUT2D eigenvalue weighted by Crippen LogP contribution is -2.62. The number of hydrogen-bond donors (Lipinski definition) is 2. The summed E-state index contributed by atoms with van der Waals surface area (Å²) >= 11 is 0. The number of ketones is 1. The molecule has 16 heteroatoms. The summed E-state index contributed by atoms with van der Waals surface area (Å²) in [4.78, 5) is 79.7. The number of cyclic esters (lactones) is 1. The highest BCUT2D eigenvalue weighted by Crippen LogP contribution is 2.42. The van der Waals surface area contributed by atoms with Gasteiger partial charge < -0.3 is 33.4 Å². The molecule has 6 bridgehead atoms. The first-order chi connectivity index (χ1) is 30.5. The number of carbonyl (C=O) groups is 5. The number of hydrazine groups is 1. The van der Waals surface area contributed by atoms with Gasteiger partial charge in [0.05, 0.1) is 37.1 Å². The topological polar surface area (TPSA) is 187 Å². The lowest BCUT2D eigenvalue weighted by molar-refractivity contribution is -0.155. The summed E-state index contributed by atoms with van der Waals surface area (Å²) < 4.78 is 25.9. The molecule has 64 heavy (non-hydrogen) atoms. The van der Waals surface area contributed by atoms with Gasteiger partial charge in [-0.15, -0.1) is 0 Å². The van der Waals surface area contributed by atoms with E-state index in [-0.39, 0.29) is 56.3 Å². The lowest BCUT2D eigenvalue weighted by atomic mass is 9.84. The standard InChI is InChI=1S/C48H61N7O9/c1-10-38(56)30-21-39(62-24-30)46(59)53(8)42(27(3)4)44(57)51-35-22-40-50-36(25-63-40)29-16-17-37-32(20-29)33(43(54(37)11-2)31-14-12-18-49-41(31)28(5)61-9)23-48(6,7)26-64-47(60)34-15-13-19-55(52-34)45(35)58/h10,12,14,16-18,20,25,27-28,30,34-35,39,42,52H,1,11,13,15,19,21-24,26H2,2-9H3,(H,51,57)/t28-,30?,34-,35-,39-,42-/m0/s1. The highest BCUT2D eigenvalue weighted by molar-refractivity contribution is 5.96. The number of amides is 3. The van der Waals surface area contributed by atoms with Crippen LogP contribution >= 0.6 is 0 Å². The molecule has 3 aromatic heterocycles. The Morgan fingerprint density at radius 3 is 2.67 bits per heavy atom. The van der Waals surface area contributed by atoms with E-state index in [2.05, 4.69) is 60.9 Å². The fourth-order valence-electron chi connectivity index (χ4n) is 9.27. The summed E-state index contributed by atoms with van der Waals surface area (Å²) in [6, 6.07) is 7.12. The average molecular weight is 880 g/mol. The van der Waals surface area contributed by atoms with Gasteiger partial charge in [0.25, 0.3) is 11.8 Å². The number of aromatic nitrogens is 3. The number of aryl methyl sites for hydroxylation is 1. The Balaban J connectivity index is 1.27. The zero-order valence-corrected chi connectivity index (χ0v) is 38.1. The van der Waals surface area contributed by atoms with Crippen molar-refractivity contribution in [2.24, 2.45) is 17.3 Å². The number of nitrogens with one attached hydrogen (secondary N) is 2. The summed E-state index contributed by atoms with van der Waals surface area (Å²) in [5.74, 6) is -2.89. The number of likely N-dealkylation sites (N-methyl/N-ethyl adjacent to an activating group) is 1. The monoisotopic (exact) mass is 879 g/mol. The molecule has 4 aromatic rings. The van der Waals surface area contributed by atoms with Crippen molar-refractivity contribution in [1.29, 1.82) is 0 Å². The Morgan fingerprint density at radius 1 is 1.17 bits per heavy atom. The first kappa shape index (κ1) is 46.3. The molecule has 0 radical (unpaired) electrons. The van der Waals surface area contributed by atoms with Crippen LogP contribution in [0, 0.1) is 17.3 Å².